The average Bonchev–Trinajstić information content (AvgIpc) is 2.42. The quantitative estimate of drug-likeness (QED) is 0.782. The fraction of sp³-hybridized carbons (Fsp3) is 1.00. The first-order valence-electron chi connectivity index (χ1n) is 8.22. The van der Waals surface area contributed by atoms with E-state index in [1.165, 1.54) is 57.8 Å². The van der Waals surface area contributed by atoms with Gasteiger partial charge in [-0.25, -0.2) is 0 Å². The molecule has 0 aromatic carbocycles. The molecule has 18 heavy (non-hydrogen) atoms. The molecule has 1 N–H and O–H groups in total. The summed E-state index contributed by atoms with van der Waals surface area (Å²) in [6, 6.07) is 0.796. The normalized spacial score (nSPS) is 34.7. The number of rotatable bonds is 5. The van der Waals surface area contributed by atoms with Crippen LogP contribution in [0.2, 0.25) is 0 Å². The van der Waals surface area contributed by atoms with Gasteiger partial charge in [0.1, 0.15) is 0 Å². The van der Waals surface area contributed by atoms with Crippen molar-refractivity contribution in [2.45, 2.75) is 88.2 Å². The Kier molecular flexibility index (Phi) is 6.37. The molecule has 0 amide bonds. The number of nitrogens with one attached hydrogen (secondary N) is 1. The molecule has 2 aliphatic rings. The molecule has 2 rings (SSSR count). The standard InChI is InChI=1S/C16H31NS/c1-3-13-10-11-15(17-4-2)16(12-13)18-14-8-6-5-7-9-14/h13-17H,3-12H2,1-2H3. The van der Waals surface area contributed by atoms with E-state index in [0.717, 1.165) is 29.0 Å². The molecular formula is C16H31NS. The van der Waals surface area contributed by atoms with Gasteiger partial charge in [-0.1, -0.05) is 39.5 Å². The van der Waals surface area contributed by atoms with Crippen molar-refractivity contribution in [1.82, 2.24) is 5.32 Å². The van der Waals surface area contributed by atoms with Crippen LogP contribution in [-0.2, 0) is 0 Å². The lowest BCUT2D eigenvalue weighted by Gasteiger charge is -2.38. The Bertz CT molecular complexity index is 225. The van der Waals surface area contributed by atoms with E-state index in [4.69, 9.17) is 0 Å². The third-order valence-electron chi connectivity index (χ3n) is 4.86. The van der Waals surface area contributed by atoms with Crippen molar-refractivity contribution in [3.8, 4) is 0 Å². The first-order chi connectivity index (χ1) is 8.83. The third kappa shape index (κ3) is 4.16. The predicted octanol–water partition coefficient (Wildman–Crippen LogP) is 4.61. The highest BCUT2D eigenvalue weighted by molar-refractivity contribution is 8.00. The van der Waals surface area contributed by atoms with Crippen LogP contribution < -0.4 is 5.32 Å². The van der Waals surface area contributed by atoms with Crippen LogP contribution >= 0.6 is 11.8 Å². The first kappa shape index (κ1) is 14.7. The fourth-order valence-electron chi connectivity index (χ4n) is 3.68. The van der Waals surface area contributed by atoms with Crippen LogP contribution in [-0.4, -0.2) is 23.1 Å². The van der Waals surface area contributed by atoms with Gasteiger partial charge in [0, 0.05) is 16.5 Å². The summed E-state index contributed by atoms with van der Waals surface area (Å²) >= 11 is 2.35. The van der Waals surface area contributed by atoms with Gasteiger partial charge in [-0.2, -0.15) is 11.8 Å². The Labute approximate surface area is 118 Å². The van der Waals surface area contributed by atoms with E-state index in [1.54, 1.807) is 0 Å². The Morgan fingerprint density at radius 1 is 1.00 bits per heavy atom. The molecule has 0 spiro atoms. The minimum absolute atomic E-state index is 0.796. The van der Waals surface area contributed by atoms with Crippen molar-refractivity contribution in [1.29, 1.82) is 0 Å². The lowest BCUT2D eigenvalue weighted by molar-refractivity contribution is 0.297. The summed E-state index contributed by atoms with van der Waals surface area (Å²) in [6.45, 7) is 5.78. The zero-order valence-electron chi connectivity index (χ0n) is 12.3. The van der Waals surface area contributed by atoms with Crippen molar-refractivity contribution >= 4 is 11.8 Å². The molecule has 106 valence electrons. The fourth-order valence-corrected chi connectivity index (χ4v) is 5.58. The van der Waals surface area contributed by atoms with Crippen molar-refractivity contribution in [3.05, 3.63) is 0 Å². The highest BCUT2D eigenvalue weighted by atomic mass is 32.2. The lowest BCUT2D eigenvalue weighted by Crippen LogP contribution is -2.43. The summed E-state index contributed by atoms with van der Waals surface area (Å²) in [5, 5.41) is 5.62. The van der Waals surface area contributed by atoms with E-state index >= 15 is 0 Å². The summed E-state index contributed by atoms with van der Waals surface area (Å²) in [5.74, 6) is 1.00. The Hall–Kier alpha value is 0.310. The van der Waals surface area contributed by atoms with Crippen LogP contribution in [0.1, 0.15) is 71.6 Å². The molecular weight excluding hydrogens is 238 g/mol. The molecule has 3 unspecified atom stereocenters. The van der Waals surface area contributed by atoms with Gasteiger partial charge in [0.2, 0.25) is 0 Å². The van der Waals surface area contributed by atoms with Crippen molar-refractivity contribution in [3.63, 3.8) is 0 Å². The number of thioether (sulfide) groups is 1. The predicted molar refractivity (Wildman–Crippen MR) is 83.3 cm³/mol. The first-order valence-corrected chi connectivity index (χ1v) is 9.16. The van der Waals surface area contributed by atoms with Crippen molar-refractivity contribution in [2.24, 2.45) is 5.92 Å². The molecule has 3 atom stereocenters. The second kappa shape index (κ2) is 7.79. The summed E-state index contributed by atoms with van der Waals surface area (Å²) < 4.78 is 0. The van der Waals surface area contributed by atoms with Gasteiger partial charge in [-0.05, 0) is 44.6 Å². The Morgan fingerprint density at radius 2 is 1.78 bits per heavy atom. The van der Waals surface area contributed by atoms with Gasteiger partial charge < -0.3 is 5.32 Å². The topological polar surface area (TPSA) is 12.0 Å². The molecule has 1 nitrogen and oxygen atoms in total. The second-order valence-electron chi connectivity index (χ2n) is 6.19. The third-order valence-corrected chi connectivity index (χ3v) is 6.59. The maximum Gasteiger partial charge on any atom is 0.0206 e. The van der Waals surface area contributed by atoms with Crippen LogP contribution in [0.4, 0.5) is 0 Å². The van der Waals surface area contributed by atoms with Gasteiger partial charge in [-0.15, -0.1) is 0 Å². The van der Waals surface area contributed by atoms with E-state index in [-0.39, 0.29) is 0 Å². The van der Waals surface area contributed by atoms with Gasteiger partial charge in [-0.3, -0.25) is 0 Å². The Morgan fingerprint density at radius 3 is 2.44 bits per heavy atom. The SMILES string of the molecule is CCNC1CCC(CC)CC1SC1CCCCC1. The van der Waals surface area contributed by atoms with Gasteiger partial charge in [0.05, 0.1) is 0 Å². The minimum atomic E-state index is 0.796. The van der Waals surface area contributed by atoms with E-state index in [9.17, 15) is 0 Å². The molecule has 0 aliphatic heterocycles. The molecule has 0 heterocycles. The zero-order valence-corrected chi connectivity index (χ0v) is 13.1. The molecule has 2 saturated carbocycles. The molecule has 2 heteroatoms. The molecule has 0 aromatic rings. The highest BCUT2D eigenvalue weighted by Gasteiger charge is 2.31. The zero-order chi connectivity index (χ0) is 12.8. The smallest absolute Gasteiger partial charge is 0.0206 e. The second-order valence-corrected chi connectivity index (χ2v) is 7.73. The van der Waals surface area contributed by atoms with Crippen LogP contribution in [0.25, 0.3) is 0 Å². The molecule has 0 aromatic heterocycles. The Balaban J connectivity index is 1.86. The van der Waals surface area contributed by atoms with Crippen LogP contribution in [0, 0.1) is 5.92 Å². The van der Waals surface area contributed by atoms with Crippen LogP contribution in [0.3, 0.4) is 0 Å². The molecule has 2 aliphatic carbocycles. The lowest BCUT2D eigenvalue weighted by atomic mass is 9.84. The van der Waals surface area contributed by atoms with Crippen LogP contribution in [0.5, 0.6) is 0 Å². The van der Waals surface area contributed by atoms with E-state index < -0.39 is 0 Å². The van der Waals surface area contributed by atoms with Gasteiger partial charge in [0.25, 0.3) is 0 Å². The largest absolute Gasteiger partial charge is 0.313 e. The van der Waals surface area contributed by atoms with Crippen molar-refractivity contribution < 1.29 is 0 Å². The minimum Gasteiger partial charge on any atom is -0.313 e. The molecule has 0 bridgehead atoms. The number of hydrogen-bond donors (Lipinski definition) is 1. The monoisotopic (exact) mass is 269 g/mol. The highest BCUT2D eigenvalue weighted by Crippen LogP contribution is 2.39. The van der Waals surface area contributed by atoms with Crippen LogP contribution in [0.15, 0.2) is 0 Å². The summed E-state index contributed by atoms with van der Waals surface area (Å²) in [7, 11) is 0. The summed E-state index contributed by atoms with van der Waals surface area (Å²) in [6.07, 6.45) is 13.1. The summed E-state index contributed by atoms with van der Waals surface area (Å²) in [4.78, 5) is 0. The van der Waals surface area contributed by atoms with E-state index in [0.29, 0.717) is 0 Å². The maximum absolute atomic E-state index is 3.75. The molecule has 0 radical (unpaired) electrons. The van der Waals surface area contributed by atoms with Gasteiger partial charge >= 0.3 is 0 Å². The van der Waals surface area contributed by atoms with Crippen molar-refractivity contribution in [2.75, 3.05) is 6.54 Å². The summed E-state index contributed by atoms with van der Waals surface area (Å²) in [5.41, 5.74) is 0. The average molecular weight is 269 g/mol. The van der Waals surface area contributed by atoms with E-state index in [2.05, 4.69) is 30.9 Å². The molecule has 0 saturated heterocycles. The molecule has 2 fully saturated rings. The van der Waals surface area contributed by atoms with Gasteiger partial charge in [0.15, 0.2) is 0 Å². The van der Waals surface area contributed by atoms with E-state index in [1.807, 2.05) is 0 Å². The maximum atomic E-state index is 3.75. The number of hydrogen-bond acceptors (Lipinski definition) is 2.